The van der Waals surface area contributed by atoms with Gasteiger partial charge in [0.15, 0.2) is 0 Å². The van der Waals surface area contributed by atoms with Gasteiger partial charge in [0.25, 0.3) is 22.6 Å². The first-order chi connectivity index (χ1) is 22.8. The molecule has 0 aliphatic rings. The van der Waals surface area contributed by atoms with Crippen molar-refractivity contribution >= 4 is 50.6 Å². The Morgan fingerprint density at radius 2 is 0.938 bits per heavy atom. The number of carboxylic acid groups (broad SMARTS) is 1. The van der Waals surface area contributed by atoms with Crippen molar-refractivity contribution in [2.24, 2.45) is 7.05 Å². The maximum Gasteiger partial charge on any atom is 0.302 e. The SMILES string of the molecule is CC(=O)O.COC(C)=O.COC(C)=O.Cn1cnc2ccccc2c1=O.O=c1[nH]cnc2ccccc12.O=c1[nH]cnc2ccccc12. The molecule has 0 saturated carbocycles. The van der Waals surface area contributed by atoms with Gasteiger partial charge < -0.3 is 29.1 Å². The fourth-order valence-corrected chi connectivity index (χ4v) is 3.19. The second-order valence-electron chi connectivity index (χ2n) is 9.09. The molecule has 0 saturated heterocycles. The van der Waals surface area contributed by atoms with Crippen LogP contribution in [0.25, 0.3) is 32.7 Å². The number of carbonyl (C=O) groups is 3. The predicted octanol–water partition coefficient (Wildman–Crippen LogP) is 3.23. The van der Waals surface area contributed by atoms with Crippen LogP contribution in [0.5, 0.6) is 0 Å². The number of H-pyrrole nitrogens is 2. The lowest BCUT2D eigenvalue weighted by atomic mass is 10.2. The molecule has 0 unspecified atom stereocenters. The van der Waals surface area contributed by atoms with E-state index in [9.17, 15) is 24.0 Å². The Morgan fingerprint density at radius 3 is 1.27 bits per heavy atom. The number of nitrogens with one attached hydrogen (secondary N) is 2. The molecule has 48 heavy (non-hydrogen) atoms. The van der Waals surface area contributed by atoms with Gasteiger partial charge >= 0.3 is 11.9 Å². The number of para-hydroxylation sites is 3. The van der Waals surface area contributed by atoms with Crippen LogP contribution in [0.3, 0.4) is 0 Å². The maximum atomic E-state index is 11.5. The number of hydrogen-bond donors (Lipinski definition) is 3. The third-order valence-corrected chi connectivity index (χ3v) is 5.50. The zero-order valence-electron chi connectivity index (χ0n) is 27.2. The Bertz CT molecular complexity index is 1990. The van der Waals surface area contributed by atoms with Crippen molar-refractivity contribution in [3.05, 3.63) is 123 Å². The molecule has 0 radical (unpaired) electrons. The summed E-state index contributed by atoms with van der Waals surface area (Å²) in [6.45, 7) is 3.81. The second kappa shape index (κ2) is 21.3. The molecule has 252 valence electrons. The molecule has 0 aliphatic carbocycles. The molecule has 0 spiro atoms. The van der Waals surface area contributed by atoms with Gasteiger partial charge in [0.2, 0.25) is 0 Å². The van der Waals surface area contributed by atoms with E-state index in [2.05, 4.69) is 34.4 Å². The quantitative estimate of drug-likeness (QED) is 0.200. The monoisotopic (exact) mass is 660 g/mol. The van der Waals surface area contributed by atoms with Gasteiger partial charge in [-0.2, -0.15) is 0 Å². The third-order valence-electron chi connectivity index (χ3n) is 5.50. The van der Waals surface area contributed by atoms with Gasteiger partial charge in [0, 0.05) is 27.8 Å². The normalized spacial score (nSPS) is 9.21. The van der Waals surface area contributed by atoms with Crippen LogP contribution in [0.2, 0.25) is 0 Å². The Balaban J connectivity index is 0.000000303. The first-order valence-electron chi connectivity index (χ1n) is 13.9. The molecule has 0 aliphatic heterocycles. The topological polar surface area (TPSA) is 216 Å². The molecule has 3 N–H and O–H groups in total. The van der Waals surface area contributed by atoms with Crippen molar-refractivity contribution < 1.29 is 29.0 Å². The minimum atomic E-state index is -0.833. The molecule has 0 amide bonds. The summed E-state index contributed by atoms with van der Waals surface area (Å²) in [6.07, 6.45) is 4.35. The van der Waals surface area contributed by atoms with Crippen molar-refractivity contribution in [3.8, 4) is 0 Å². The van der Waals surface area contributed by atoms with Crippen molar-refractivity contribution in [2.45, 2.75) is 20.8 Å². The van der Waals surface area contributed by atoms with Crippen molar-refractivity contribution in [2.75, 3.05) is 14.2 Å². The number of aryl methyl sites for hydroxylation is 1. The third kappa shape index (κ3) is 14.5. The molecule has 0 atom stereocenters. The summed E-state index contributed by atoms with van der Waals surface area (Å²) < 4.78 is 9.70. The number of rotatable bonds is 0. The van der Waals surface area contributed by atoms with Gasteiger partial charge in [0.05, 0.1) is 65.9 Å². The number of esters is 2. The average molecular weight is 661 g/mol. The summed E-state index contributed by atoms with van der Waals surface area (Å²) in [5, 5.41) is 9.35. The minimum Gasteiger partial charge on any atom is -0.481 e. The number of ether oxygens (including phenoxy) is 2. The molecule has 6 rings (SSSR count). The standard InChI is InChI=1S/C9H8N2O.2C8H6N2O.2C3H6O2.C2H4O2/c1-11-6-10-8-5-3-2-4-7(8)9(11)12;2*11-8-6-3-1-2-4-7(6)9-5-10-8;2*1-3(4)5-2;1-2(3)4/h2-6H,1H3;2*1-5H,(H,9,10,11);2*1-2H3;1H3,(H,3,4). The van der Waals surface area contributed by atoms with Crippen molar-refractivity contribution in [1.29, 1.82) is 0 Å². The van der Waals surface area contributed by atoms with E-state index < -0.39 is 5.97 Å². The summed E-state index contributed by atoms with van der Waals surface area (Å²) in [4.78, 5) is 78.9. The summed E-state index contributed by atoms with van der Waals surface area (Å²) in [5.74, 6) is -1.32. The number of aromatic nitrogens is 6. The molecule has 15 heteroatoms. The van der Waals surface area contributed by atoms with Crippen LogP contribution < -0.4 is 16.7 Å². The van der Waals surface area contributed by atoms with Gasteiger partial charge in [-0.3, -0.25) is 28.8 Å². The minimum absolute atomic E-state index is 0.000556. The van der Waals surface area contributed by atoms with Crippen LogP contribution in [-0.2, 0) is 30.9 Å². The summed E-state index contributed by atoms with van der Waals surface area (Å²) >= 11 is 0. The highest BCUT2D eigenvalue weighted by molar-refractivity contribution is 5.78. The van der Waals surface area contributed by atoms with Crippen molar-refractivity contribution in [3.63, 3.8) is 0 Å². The van der Waals surface area contributed by atoms with Gasteiger partial charge in [-0.1, -0.05) is 36.4 Å². The molecule has 6 aromatic rings. The lowest BCUT2D eigenvalue weighted by Gasteiger charge is -1.97. The zero-order chi connectivity index (χ0) is 36.1. The number of nitrogens with zero attached hydrogens (tertiary/aromatic N) is 4. The highest BCUT2D eigenvalue weighted by Crippen LogP contribution is 2.04. The van der Waals surface area contributed by atoms with E-state index in [0.29, 0.717) is 16.2 Å². The number of aromatic amines is 2. The van der Waals surface area contributed by atoms with E-state index in [1.807, 2.05) is 54.6 Å². The fraction of sp³-hybridized carbons (Fsp3) is 0.182. The number of carboxylic acids is 1. The number of fused-ring (bicyclic) bond motifs is 3. The Morgan fingerprint density at radius 1 is 0.625 bits per heavy atom. The van der Waals surface area contributed by atoms with E-state index in [1.54, 1.807) is 25.2 Å². The highest BCUT2D eigenvalue weighted by atomic mass is 16.5. The van der Waals surface area contributed by atoms with Crippen LogP contribution >= 0.6 is 0 Å². The van der Waals surface area contributed by atoms with Crippen LogP contribution in [0.4, 0.5) is 0 Å². The zero-order valence-corrected chi connectivity index (χ0v) is 27.2. The largest absolute Gasteiger partial charge is 0.481 e. The van der Waals surface area contributed by atoms with Crippen LogP contribution in [0, 0.1) is 0 Å². The Labute approximate surface area is 273 Å². The Kier molecular flexibility index (Phi) is 17.5. The predicted molar refractivity (Wildman–Crippen MR) is 180 cm³/mol. The number of carbonyl (C=O) groups excluding carboxylic acids is 2. The molecule has 15 nitrogen and oxygen atoms in total. The number of aliphatic carboxylic acids is 1. The lowest BCUT2D eigenvalue weighted by Crippen LogP contribution is -2.16. The fourth-order valence-electron chi connectivity index (χ4n) is 3.19. The van der Waals surface area contributed by atoms with E-state index in [1.165, 1.54) is 51.6 Å². The molecule has 3 aromatic carbocycles. The van der Waals surface area contributed by atoms with Gasteiger partial charge in [-0.25, -0.2) is 15.0 Å². The smallest absolute Gasteiger partial charge is 0.302 e. The van der Waals surface area contributed by atoms with Crippen molar-refractivity contribution in [1.82, 2.24) is 29.5 Å². The number of benzene rings is 3. The maximum absolute atomic E-state index is 11.5. The average Bonchev–Trinajstić information content (AvgIpc) is 3.08. The van der Waals surface area contributed by atoms with E-state index in [0.717, 1.165) is 23.5 Å². The Hall–Kier alpha value is -6.51. The summed E-state index contributed by atoms with van der Waals surface area (Å²) in [7, 11) is 4.40. The molecule has 0 bridgehead atoms. The van der Waals surface area contributed by atoms with Crippen LogP contribution in [0.15, 0.2) is 106 Å². The van der Waals surface area contributed by atoms with E-state index in [-0.39, 0.29) is 28.6 Å². The van der Waals surface area contributed by atoms with Gasteiger partial charge in [-0.05, 0) is 36.4 Å². The van der Waals surface area contributed by atoms with Gasteiger partial charge in [0.1, 0.15) is 0 Å². The van der Waals surface area contributed by atoms with Crippen LogP contribution in [0.1, 0.15) is 20.8 Å². The van der Waals surface area contributed by atoms with E-state index >= 15 is 0 Å². The number of hydrogen-bond acceptors (Lipinski definition) is 11. The molecular formula is C33H36N6O9. The molecule has 0 fully saturated rings. The molecule has 3 heterocycles. The first kappa shape index (κ1) is 39.5. The van der Waals surface area contributed by atoms with Gasteiger partial charge in [-0.15, -0.1) is 0 Å². The van der Waals surface area contributed by atoms with Crippen LogP contribution in [-0.4, -0.2) is 66.7 Å². The number of methoxy groups -OCH3 is 2. The summed E-state index contributed by atoms with van der Waals surface area (Å²) in [6, 6.07) is 21.8. The lowest BCUT2D eigenvalue weighted by molar-refractivity contribution is -0.138. The summed E-state index contributed by atoms with van der Waals surface area (Å²) in [5.41, 5.74) is 2.04. The molecule has 3 aromatic heterocycles. The molecular weight excluding hydrogens is 624 g/mol. The van der Waals surface area contributed by atoms with E-state index in [4.69, 9.17) is 9.90 Å². The second-order valence-corrected chi connectivity index (χ2v) is 9.09. The first-order valence-corrected chi connectivity index (χ1v) is 13.9. The highest BCUT2D eigenvalue weighted by Gasteiger charge is 1.98.